The summed E-state index contributed by atoms with van der Waals surface area (Å²) >= 11 is 0. The molecule has 1 atom stereocenters. The predicted molar refractivity (Wildman–Crippen MR) is 69.3 cm³/mol. The van der Waals surface area contributed by atoms with Gasteiger partial charge in [0.05, 0.1) is 32.4 Å². The van der Waals surface area contributed by atoms with Crippen molar-refractivity contribution in [3.05, 3.63) is 24.4 Å². The Balaban J connectivity index is 1.77. The smallest absolute Gasteiger partial charge is 0.252 e. The molecule has 1 unspecified atom stereocenters. The number of pyridine rings is 1. The van der Waals surface area contributed by atoms with Crippen LogP contribution in [-0.2, 0) is 9.53 Å². The number of carbonyl (C=O) groups excluding carboxylic acids is 1. The topological polar surface area (TPSA) is 86.7 Å². The van der Waals surface area contributed by atoms with Crippen molar-refractivity contribution in [2.45, 2.75) is 6.04 Å². The SMILES string of the molecule is O=C(CN1CCOCC1CO)NNc1ccccn1. The lowest BCUT2D eigenvalue weighted by Gasteiger charge is -2.33. The molecule has 1 aliphatic heterocycles. The van der Waals surface area contributed by atoms with Crippen molar-refractivity contribution in [1.29, 1.82) is 0 Å². The normalized spacial score (nSPS) is 19.9. The molecule has 0 saturated carbocycles. The lowest BCUT2D eigenvalue weighted by atomic mass is 10.2. The summed E-state index contributed by atoms with van der Waals surface area (Å²) < 4.78 is 5.26. The first-order valence-corrected chi connectivity index (χ1v) is 6.18. The lowest BCUT2D eigenvalue weighted by Crippen LogP contribution is -2.51. The number of hydrogen-bond donors (Lipinski definition) is 3. The maximum Gasteiger partial charge on any atom is 0.252 e. The van der Waals surface area contributed by atoms with Gasteiger partial charge in [0.25, 0.3) is 5.91 Å². The van der Waals surface area contributed by atoms with Crippen LogP contribution in [0.15, 0.2) is 24.4 Å². The summed E-state index contributed by atoms with van der Waals surface area (Å²) in [6.07, 6.45) is 1.64. The summed E-state index contributed by atoms with van der Waals surface area (Å²) in [5, 5.41) is 9.20. The monoisotopic (exact) mass is 266 g/mol. The third-order valence-corrected chi connectivity index (χ3v) is 2.90. The summed E-state index contributed by atoms with van der Waals surface area (Å²) in [5.41, 5.74) is 5.31. The summed E-state index contributed by atoms with van der Waals surface area (Å²) in [5.74, 6) is 0.405. The summed E-state index contributed by atoms with van der Waals surface area (Å²) in [4.78, 5) is 17.7. The number of hydrazine groups is 1. The third-order valence-electron chi connectivity index (χ3n) is 2.90. The summed E-state index contributed by atoms with van der Waals surface area (Å²) in [7, 11) is 0. The first-order valence-electron chi connectivity index (χ1n) is 6.18. The Labute approximate surface area is 111 Å². The van der Waals surface area contributed by atoms with Gasteiger partial charge >= 0.3 is 0 Å². The Morgan fingerprint density at radius 2 is 2.47 bits per heavy atom. The molecule has 1 fully saturated rings. The molecule has 7 nitrogen and oxygen atoms in total. The van der Waals surface area contributed by atoms with E-state index in [0.29, 0.717) is 25.6 Å². The highest BCUT2D eigenvalue weighted by Crippen LogP contribution is 2.05. The Morgan fingerprint density at radius 1 is 1.58 bits per heavy atom. The molecule has 104 valence electrons. The number of anilines is 1. The zero-order chi connectivity index (χ0) is 13.5. The van der Waals surface area contributed by atoms with E-state index < -0.39 is 0 Å². The number of aliphatic hydroxyl groups is 1. The minimum absolute atomic E-state index is 0.0129. The average Bonchev–Trinajstić information content (AvgIpc) is 2.47. The molecular formula is C12H18N4O3. The van der Waals surface area contributed by atoms with E-state index in [2.05, 4.69) is 15.8 Å². The molecule has 3 N–H and O–H groups in total. The second kappa shape index (κ2) is 7.03. The Morgan fingerprint density at radius 3 is 3.21 bits per heavy atom. The standard InChI is InChI=1S/C12H18N4O3/c17-8-10-9-19-6-5-16(10)7-12(18)15-14-11-3-1-2-4-13-11/h1-4,10,17H,5-9H2,(H,13,14)(H,15,18). The van der Waals surface area contributed by atoms with Crippen molar-refractivity contribution in [3.8, 4) is 0 Å². The lowest BCUT2D eigenvalue weighted by molar-refractivity contribution is -0.124. The second-order valence-electron chi connectivity index (χ2n) is 4.27. The van der Waals surface area contributed by atoms with E-state index in [1.165, 1.54) is 0 Å². The zero-order valence-electron chi connectivity index (χ0n) is 10.6. The Kier molecular flexibility index (Phi) is 5.08. The van der Waals surface area contributed by atoms with Crippen molar-refractivity contribution < 1.29 is 14.6 Å². The van der Waals surface area contributed by atoms with E-state index in [0.717, 1.165) is 0 Å². The van der Waals surface area contributed by atoms with Crippen LogP contribution in [0.2, 0.25) is 0 Å². The number of aromatic nitrogens is 1. The molecule has 0 aromatic carbocycles. The van der Waals surface area contributed by atoms with Crippen molar-refractivity contribution in [2.24, 2.45) is 0 Å². The van der Waals surface area contributed by atoms with Gasteiger partial charge in [-0.15, -0.1) is 0 Å². The van der Waals surface area contributed by atoms with Crippen LogP contribution in [0.1, 0.15) is 0 Å². The molecule has 1 aromatic heterocycles. The van der Waals surface area contributed by atoms with Gasteiger partial charge in [-0.3, -0.25) is 20.5 Å². The zero-order valence-corrected chi connectivity index (χ0v) is 10.6. The molecule has 1 aromatic rings. The number of nitrogens with zero attached hydrogens (tertiary/aromatic N) is 2. The number of ether oxygens (including phenoxy) is 1. The number of rotatable bonds is 5. The molecular weight excluding hydrogens is 248 g/mol. The van der Waals surface area contributed by atoms with E-state index in [1.54, 1.807) is 18.3 Å². The number of aliphatic hydroxyl groups excluding tert-OH is 1. The number of amides is 1. The Hall–Kier alpha value is -1.70. The molecule has 0 bridgehead atoms. The van der Waals surface area contributed by atoms with Crippen LogP contribution >= 0.6 is 0 Å². The van der Waals surface area contributed by atoms with Gasteiger partial charge in [0.1, 0.15) is 5.82 Å². The molecule has 7 heteroatoms. The van der Waals surface area contributed by atoms with Crippen LogP contribution in [0.4, 0.5) is 5.82 Å². The highest BCUT2D eigenvalue weighted by Gasteiger charge is 2.23. The van der Waals surface area contributed by atoms with Crippen LogP contribution in [-0.4, -0.2) is 59.8 Å². The van der Waals surface area contributed by atoms with Crippen LogP contribution in [0.25, 0.3) is 0 Å². The van der Waals surface area contributed by atoms with Gasteiger partial charge in [0.2, 0.25) is 0 Å². The van der Waals surface area contributed by atoms with Crippen molar-refractivity contribution in [2.75, 3.05) is 38.3 Å². The van der Waals surface area contributed by atoms with E-state index in [4.69, 9.17) is 4.74 Å². The van der Waals surface area contributed by atoms with Gasteiger partial charge in [-0.25, -0.2) is 4.98 Å². The van der Waals surface area contributed by atoms with Gasteiger partial charge in [0.15, 0.2) is 0 Å². The third kappa shape index (κ3) is 4.16. The summed E-state index contributed by atoms with van der Waals surface area (Å²) in [6.45, 7) is 1.88. The molecule has 1 amide bonds. The Bertz CT molecular complexity index is 401. The van der Waals surface area contributed by atoms with E-state index >= 15 is 0 Å². The predicted octanol–water partition coefficient (Wildman–Crippen LogP) is -0.782. The first kappa shape index (κ1) is 13.7. The van der Waals surface area contributed by atoms with Crippen LogP contribution in [0.5, 0.6) is 0 Å². The molecule has 0 aliphatic carbocycles. The van der Waals surface area contributed by atoms with Gasteiger partial charge in [-0.2, -0.15) is 0 Å². The van der Waals surface area contributed by atoms with Gasteiger partial charge in [0, 0.05) is 12.7 Å². The molecule has 0 radical (unpaired) electrons. The highest BCUT2D eigenvalue weighted by atomic mass is 16.5. The van der Waals surface area contributed by atoms with Crippen molar-refractivity contribution in [3.63, 3.8) is 0 Å². The van der Waals surface area contributed by atoms with E-state index in [-0.39, 0.29) is 25.1 Å². The molecule has 1 aliphatic rings. The minimum Gasteiger partial charge on any atom is -0.395 e. The van der Waals surface area contributed by atoms with Crippen molar-refractivity contribution in [1.82, 2.24) is 15.3 Å². The van der Waals surface area contributed by atoms with Crippen LogP contribution < -0.4 is 10.9 Å². The average molecular weight is 266 g/mol. The fourth-order valence-electron chi connectivity index (χ4n) is 1.86. The molecule has 1 saturated heterocycles. The largest absolute Gasteiger partial charge is 0.395 e. The van der Waals surface area contributed by atoms with Gasteiger partial charge in [-0.1, -0.05) is 6.07 Å². The number of hydrogen-bond acceptors (Lipinski definition) is 6. The van der Waals surface area contributed by atoms with Crippen LogP contribution in [0, 0.1) is 0 Å². The number of morpholine rings is 1. The molecule has 0 spiro atoms. The fraction of sp³-hybridized carbons (Fsp3) is 0.500. The second-order valence-corrected chi connectivity index (χ2v) is 4.27. The van der Waals surface area contributed by atoms with Crippen LogP contribution in [0.3, 0.4) is 0 Å². The van der Waals surface area contributed by atoms with Gasteiger partial charge < -0.3 is 9.84 Å². The summed E-state index contributed by atoms with van der Waals surface area (Å²) in [6, 6.07) is 5.26. The van der Waals surface area contributed by atoms with Crippen molar-refractivity contribution >= 4 is 11.7 Å². The van der Waals surface area contributed by atoms with E-state index in [1.807, 2.05) is 11.0 Å². The maximum absolute atomic E-state index is 11.8. The number of nitrogens with one attached hydrogen (secondary N) is 2. The van der Waals surface area contributed by atoms with E-state index in [9.17, 15) is 9.90 Å². The van der Waals surface area contributed by atoms with Gasteiger partial charge in [-0.05, 0) is 12.1 Å². The maximum atomic E-state index is 11.8. The molecule has 2 rings (SSSR count). The quantitative estimate of drug-likeness (QED) is 0.606. The molecule has 2 heterocycles. The first-order chi connectivity index (χ1) is 9.29. The fourth-order valence-corrected chi connectivity index (χ4v) is 1.86. The highest BCUT2D eigenvalue weighted by molar-refractivity contribution is 5.79. The molecule has 19 heavy (non-hydrogen) atoms. The minimum atomic E-state index is -0.175. The number of carbonyl (C=O) groups is 1.